The monoisotopic (exact) mass is 340 g/mol. The van der Waals surface area contributed by atoms with Crippen molar-refractivity contribution in [1.29, 1.82) is 0 Å². The van der Waals surface area contributed by atoms with Gasteiger partial charge in [-0.3, -0.25) is 9.78 Å². The van der Waals surface area contributed by atoms with Crippen LogP contribution in [-0.2, 0) is 11.3 Å². The predicted octanol–water partition coefficient (Wildman–Crippen LogP) is 2.54. The third-order valence-electron chi connectivity index (χ3n) is 4.00. The van der Waals surface area contributed by atoms with Crippen molar-refractivity contribution in [3.05, 3.63) is 48.3 Å². The first-order valence-electron chi connectivity index (χ1n) is 8.09. The molecule has 0 aliphatic carbocycles. The zero-order valence-electron chi connectivity index (χ0n) is 14.0. The van der Waals surface area contributed by atoms with Gasteiger partial charge in [0.05, 0.1) is 12.8 Å². The second-order valence-electron chi connectivity index (χ2n) is 5.70. The number of nitrogens with zero attached hydrogens (tertiary/aromatic N) is 2. The quantitative estimate of drug-likeness (QED) is 0.876. The van der Waals surface area contributed by atoms with Gasteiger partial charge < -0.3 is 20.3 Å². The van der Waals surface area contributed by atoms with Gasteiger partial charge in [-0.2, -0.15) is 0 Å². The number of anilines is 2. The van der Waals surface area contributed by atoms with Gasteiger partial charge in [0.15, 0.2) is 0 Å². The molecule has 1 aromatic carbocycles. The maximum absolute atomic E-state index is 12.0. The van der Waals surface area contributed by atoms with Crippen LogP contribution in [0.4, 0.5) is 16.2 Å². The summed E-state index contributed by atoms with van der Waals surface area (Å²) >= 11 is 0. The Morgan fingerprint density at radius 2 is 2.08 bits per heavy atom. The number of ether oxygens (including phenoxy) is 1. The minimum atomic E-state index is -0.316. The summed E-state index contributed by atoms with van der Waals surface area (Å²) in [5.74, 6) is 0.649. The van der Waals surface area contributed by atoms with Gasteiger partial charge in [-0.25, -0.2) is 4.79 Å². The van der Waals surface area contributed by atoms with Crippen molar-refractivity contribution in [2.75, 3.05) is 23.9 Å². The Labute approximate surface area is 146 Å². The van der Waals surface area contributed by atoms with Gasteiger partial charge in [-0.1, -0.05) is 0 Å². The third kappa shape index (κ3) is 4.06. The first-order valence-corrected chi connectivity index (χ1v) is 8.09. The van der Waals surface area contributed by atoms with Crippen LogP contribution in [0.2, 0.25) is 0 Å². The third-order valence-corrected chi connectivity index (χ3v) is 4.00. The highest BCUT2D eigenvalue weighted by molar-refractivity contribution is 5.97. The van der Waals surface area contributed by atoms with Crippen LogP contribution in [0.15, 0.2) is 42.7 Å². The predicted molar refractivity (Wildman–Crippen MR) is 94.7 cm³/mol. The van der Waals surface area contributed by atoms with Gasteiger partial charge >= 0.3 is 6.03 Å². The molecule has 0 bridgehead atoms. The second-order valence-corrected chi connectivity index (χ2v) is 5.70. The lowest BCUT2D eigenvalue weighted by Gasteiger charge is -2.19. The summed E-state index contributed by atoms with van der Waals surface area (Å²) < 4.78 is 5.39. The van der Waals surface area contributed by atoms with E-state index in [0.29, 0.717) is 30.9 Å². The van der Waals surface area contributed by atoms with Crippen LogP contribution in [0.3, 0.4) is 0 Å². The molecule has 0 radical (unpaired) electrons. The highest BCUT2D eigenvalue weighted by atomic mass is 16.5. The Kier molecular flexibility index (Phi) is 5.13. The smallest absolute Gasteiger partial charge is 0.319 e. The van der Waals surface area contributed by atoms with E-state index >= 15 is 0 Å². The number of aromatic nitrogens is 1. The molecule has 2 N–H and O–H groups in total. The number of methoxy groups -OCH3 is 1. The first-order chi connectivity index (χ1) is 12.2. The highest BCUT2D eigenvalue weighted by Crippen LogP contribution is 2.33. The number of benzene rings is 1. The van der Waals surface area contributed by atoms with Crippen LogP contribution in [0.5, 0.6) is 5.75 Å². The fourth-order valence-corrected chi connectivity index (χ4v) is 2.74. The summed E-state index contributed by atoms with van der Waals surface area (Å²) in [7, 11) is 1.55. The average molecular weight is 340 g/mol. The van der Waals surface area contributed by atoms with E-state index in [4.69, 9.17) is 4.74 Å². The molecule has 1 aliphatic rings. The molecule has 3 amide bonds. The standard InChI is InChI=1S/C18H20N4O3/c1-25-16-11-14(4-5-15(16)22-10-2-3-17(22)23)21-18(24)20-12-13-6-8-19-9-7-13/h4-9,11H,2-3,10,12H2,1H3,(H2,20,21,24). The molecule has 0 unspecified atom stereocenters. The Morgan fingerprint density at radius 3 is 2.76 bits per heavy atom. The molecule has 1 fully saturated rings. The molecular weight excluding hydrogens is 320 g/mol. The summed E-state index contributed by atoms with van der Waals surface area (Å²) in [6, 6.07) is 8.63. The molecule has 1 aliphatic heterocycles. The van der Waals surface area contributed by atoms with Crippen LogP contribution in [-0.4, -0.2) is 30.6 Å². The number of carbonyl (C=O) groups is 2. The van der Waals surface area contributed by atoms with E-state index in [9.17, 15) is 9.59 Å². The Bertz CT molecular complexity index is 764. The number of hydrogen-bond acceptors (Lipinski definition) is 4. The molecule has 0 atom stereocenters. The Morgan fingerprint density at radius 1 is 1.28 bits per heavy atom. The lowest BCUT2D eigenvalue weighted by atomic mass is 10.2. The van der Waals surface area contributed by atoms with Gasteiger partial charge in [-0.05, 0) is 36.2 Å². The molecule has 2 heterocycles. The van der Waals surface area contributed by atoms with Gasteiger partial charge in [0, 0.05) is 43.7 Å². The van der Waals surface area contributed by atoms with E-state index in [1.165, 1.54) is 0 Å². The van der Waals surface area contributed by atoms with Gasteiger partial charge in [-0.15, -0.1) is 0 Å². The summed E-state index contributed by atoms with van der Waals surface area (Å²) in [4.78, 5) is 29.6. The van der Waals surface area contributed by atoms with Crippen molar-refractivity contribution >= 4 is 23.3 Å². The van der Waals surface area contributed by atoms with E-state index in [-0.39, 0.29) is 11.9 Å². The fourth-order valence-electron chi connectivity index (χ4n) is 2.74. The Balaban J connectivity index is 1.64. The van der Waals surface area contributed by atoms with Crippen molar-refractivity contribution in [3.63, 3.8) is 0 Å². The minimum absolute atomic E-state index is 0.0918. The number of urea groups is 1. The van der Waals surface area contributed by atoms with Crippen molar-refractivity contribution in [2.24, 2.45) is 0 Å². The van der Waals surface area contributed by atoms with Crippen molar-refractivity contribution in [1.82, 2.24) is 10.3 Å². The van der Waals surface area contributed by atoms with Crippen LogP contribution in [0, 0.1) is 0 Å². The van der Waals surface area contributed by atoms with E-state index in [1.54, 1.807) is 42.6 Å². The van der Waals surface area contributed by atoms with Crippen LogP contribution >= 0.6 is 0 Å². The van der Waals surface area contributed by atoms with Gasteiger partial charge in [0.25, 0.3) is 0 Å². The number of pyridine rings is 1. The minimum Gasteiger partial charge on any atom is -0.494 e. The topological polar surface area (TPSA) is 83.6 Å². The molecule has 130 valence electrons. The summed E-state index contributed by atoms with van der Waals surface area (Å²) in [6.07, 6.45) is 4.76. The van der Waals surface area contributed by atoms with Crippen molar-refractivity contribution in [2.45, 2.75) is 19.4 Å². The normalized spacial score (nSPS) is 13.6. The molecular formula is C18H20N4O3. The first kappa shape index (κ1) is 16.8. The molecule has 0 spiro atoms. The largest absolute Gasteiger partial charge is 0.494 e. The summed E-state index contributed by atoms with van der Waals surface area (Å²) in [6.45, 7) is 1.10. The van der Waals surface area contributed by atoms with E-state index in [0.717, 1.165) is 17.7 Å². The highest BCUT2D eigenvalue weighted by Gasteiger charge is 2.24. The summed E-state index contributed by atoms with van der Waals surface area (Å²) in [5.41, 5.74) is 2.29. The molecule has 3 rings (SSSR count). The maximum Gasteiger partial charge on any atom is 0.319 e. The zero-order valence-corrected chi connectivity index (χ0v) is 14.0. The molecule has 2 aromatic rings. The molecule has 1 aromatic heterocycles. The number of carbonyl (C=O) groups excluding carboxylic acids is 2. The van der Waals surface area contributed by atoms with E-state index in [1.807, 2.05) is 12.1 Å². The van der Waals surface area contributed by atoms with E-state index < -0.39 is 0 Å². The lowest BCUT2D eigenvalue weighted by Crippen LogP contribution is -2.28. The summed E-state index contributed by atoms with van der Waals surface area (Å²) in [5, 5.41) is 5.55. The van der Waals surface area contributed by atoms with E-state index in [2.05, 4.69) is 15.6 Å². The molecule has 1 saturated heterocycles. The SMILES string of the molecule is COc1cc(NC(=O)NCc2ccncc2)ccc1N1CCCC1=O. The van der Waals surface area contributed by atoms with Gasteiger partial charge in [0.2, 0.25) is 5.91 Å². The van der Waals surface area contributed by atoms with Gasteiger partial charge in [0.1, 0.15) is 5.75 Å². The van der Waals surface area contributed by atoms with Crippen LogP contribution in [0.25, 0.3) is 0 Å². The zero-order chi connectivity index (χ0) is 17.6. The van der Waals surface area contributed by atoms with Crippen LogP contribution in [0.1, 0.15) is 18.4 Å². The number of amides is 3. The Hall–Kier alpha value is -3.09. The second kappa shape index (κ2) is 7.65. The number of rotatable bonds is 5. The average Bonchev–Trinajstić information content (AvgIpc) is 3.06. The number of hydrogen-bond donors (Lipinski definition) is 2. The van der Waals surface area contributed by atoms with Crippen molar-refractivity contribution < 1.29 is 14.3 Å². The van der Waals surface area contributed by atoms with Crippen molar-refractivity contribution in [3.8, 4) is 5.75 Å². The molecule has 0 saturated carbocycles. The van der Waals surface area contributed by atoms with Crippen LogP contribution < -0.4 is 20.3 Å². The maximum atomic E-state index is 12.0. The number of nitrogens with one attached hydrogen (secondary N) is 2. The molecule has 25 heavy (non-hydrogen) atoms. The fraction of sp³-hybridized carbons (Fsp3) is 0.278. The molecule has 7 nitrogen and oxygen atoms in total. The molecule has 7 heteroatoms. The lowest BCUT2D eigenvalue weighted by molar-refractivity contribution is -0.117.